The third-order valence-corrected chi connectivity index (χ3v) is 7.37. The van der Waals surface area contributed by atoms with Crippen LogP contribution >= 0.6 is 22.9 Å². The molecule has 8 heteroatoms. The Bertz CT molecular complexity index is 1040. The van der Waals surface area contributed by atoms with Gasteiger partial charge in [0.05, 0.1) is 15.6 Å². The lowest BCUT2D eigenvalue weighted by Crippen LogP contribution is -2.42. The topological polar surface area (TPSA) is 73.3 Å². The van der Waals surface area contributed by atoms with Crippen LogP contribution in [0, 0.1) is 0 Å². The van der Waals surface area contributed by atoms with Crippen molar-refractivity contribution in [3.8, 4) is 16.3 Å². The molecule has 3 heterocycles. The van der Waals surface area contributed by atoms with Gasteiger partial charge in [-0.2, -0.15) is 0 Å². The van der Waals surface area contributed by atoms with Crippen LogP contribution in [0.5, 0.6) is 5.75 Å². The maximum Gasteiger partial charge on any atom is 0.223 e. The van der Waals surface area contributed by atoms with Crippen molar-refractivity contribution in [2.45, 2.75) is 45.2 Å². The first-order chi connectivity index (χ1) is 16.1. The minimum atomic E-state index is 0.105. The number of rotatable bonds is 10. The molecule has 1 aliphatic heterocycles. The fourth-order valence-corrected chi connectivity index (χ4v) is 5.46. The normalized spacial score (nSPS) is 14.6. The summed E-state index contributed by atoms with van der Waals surface area (Å²) in [4.78, 5) is 14.3. The van der Waals surface area contributed by atoms with Crippen molar-refractivity contribution in [2.75, 3.05) is 31.5 Å². The van der Waals surface area contributed by atoms with Crippen LogP contribution in [0.1, 0.15) is 36.6 Å². The monoisotopic (exact) mass is 485 g/mol. The largest absolute Gasteiger partial charge is 0.506 e. The van der Waals surface area contributed by atoms with Crippen molar-refractivity contribution in [1.82, 2.24) is 20.2 Å². The number of anilines is 1. The number of phenols is 1. The molecule has 0 aliphatic carbocycles. The summed E-state index contributed by atoms with van der Waals surface area (Å²) in [5.74, 6) is 0.725. The zero-order valence-corrected chi connectivity index (χ0v) is 20.6. The van der Waals surface area contributed by atoms with E-state index in [1.165, 1.54) is 29.0 Å². The Labute approximate surface area is 205 Å². The Morgan fingerprint density at radius 2 is 2.06 bits per heavy atom. The number of benzene rings is 1. The number of nitrogens with one attached hydrogen (secondary N) is 2. The number of hydrogen-bond donors (Lipinski definition) is 3. The van der Waals surface area contributed by atoms with Crippen LogP contribution in [0.25, 0.3) is 10.6 Å². The second kappa shape index (κ2) is 11.8. The average molecular weight is 486 g/mol. The second-order valence-electron chi connectivity index (χ2n) is 8.45. The van der Waals surface area contributed by atoms with Gasteiger partial charge in [0.25, 0.3) is 0 Å². The van der Waals surface area contributed by atoms with E-state index in [0.29, 0.717) is 23.6 Å². The Morgan fingerprint density at radius 3 is 2.85 bits per heavy atom. The first kappa shape index (κ1) is 24.0. The summed E-state index contributed by atoms with van der Waals surface area (Å²) in [6.07, 6.45) is 6.21. The van der Waals surface area contributed by atoms with Gasteiger partial charge in [0.1, 0.15) is 5.75 Å². The average Bonchev–Trinajstić information content (AvgIpc) is 3.31. The lowest BCUT2D eigenvalue weighted by atomic mass is 10.0. The van der Waals surface area contributed by atoms with Crippen molar-refractivity contribution >= 4 is 28.9 Å². The van der Waals surface area contributed by atoms with Gasteiger partial charge in [-0.05, 0) is 81.2 Å². The van der Waals surface area contributed by atoms with Crippen LogP contribution in [-0.2, 0) is 13.0 Å². The zero-order chi connectivity index (χ0) is 23.0. The lowest BCUT2D eigenvalue weighted by molar-refractivity contribution is 0.155. The van der Waals surface area contributed by atoms with Crippen LogP contribution < -0.4 is 10.6 Å². The van der Waals surface area contributed by atoms with Crippen molar-refractivity contribution in [3.05, 3.63) is 58.1 Å². The summed E-state index contributed by atoms with van der Waals surface area (Å²) in [7, 11) is 0. The quantitative estimate of drug-likeness (QED) is 0.367. The van der Waals surface area contributed by atoms with Gasteiger partial charge < -0.3 is 15.7 Å². The van der Waals surface area contributed by atoms with Gasteiger partial charge >= 0.3 is 0 Å². The van der Waals surface area contributed by atoms with Gasteiger partial charge in [0.2, 0.25) is 5.95 Å². The summed E-state index contributed by atoms with van der Waals surface area (Å²) in [6.45, 7) is 7.34. The summed E-state index contributed by atoms with van der Waals surface area (Å²) >= 11 is 7.82. The molecule has 6 nitrogen and oxygen atoms in total. The Hall–Kier alpha value is -2.19. The van der Waals surface area contributed by atoms with E-state index < -0.39 is 0 Å². The zero-order valence-electron chi connectivity index (χ0n) is 19.1. The van der Waals surface area contributed by atoms with E-state index in [1.807, 2.05) is 23.5 Å². The van der Waals surface area contributed by atoms with Gasteiger partial charge in [0, 0.05) is 30.2 Å². The minimum Gasteiger partial charge on any atom is -0.506 e. The molecule has 3 aromatic rings. The molecule has 2 aromatic heterocycles. The minimum absolute atomic E-state index is 0.105. The van der Waals surface area contributed by atoms with Crippen LogP contribution in [0.2, 0.25) is 5.02 Å². The maximum absolute atomic E-state index is 9.56. The summed E-state index contributed by atoms with van der Waals surface area (Å²) < 4.78 is 0. The highest BCUT2D eigenvalue weighted by Crippen LogP contribution is 2.29. The molecule has 0 radical (unpaired) electrons. The Morgan fingerprint density at radius 1 is 1.21 bits per heavy atom. The van der Waals surface area contributed by atoms with E-state index >= 15 is 0 Å². The van der Waals surface area contributed by atoms with Gasteiger partial charge in [-0.1, -0.05) is 24.6 Å². The van der Waals surface area contributed by atoms with Crippen molar-refractivity contribution < 1.29 is 5.11 Å². The molecule has 0 amide bonds. The van der Waals surface area contributed by atoms with Gasteiger partial charge in [-0.3, -0.25) is 4.90 Å². The highest BCUT2D eigenvalue weighted by molar-refractivity contribution is 7.15. The predicted octanol–water partition coefficient (Wildman–Crippen LogP) is 5.18. The molecule has 0 spiro atoms. The van der Waals surface area contributed by atoms with E-state index in [-0.39, 0.29) is 5.75 Å². The Kier molecular flexibility index (Phi) is 8.56. The molecule has 1 fully saturated rings. The first-order valence-corrected chi connectivity index (χ1v) is 12.9. The number of hydrogen-bond acceptors (Lipinski definition) is 7. The molecular weight excluding hydrogens is 454 g/mol. The molecule has 33 heavy (non-hydrogen) atoms. The predicted molar refractivity (Wildman–Crippen MR) is 137 cm³/mol. The van der Waals surface area contributed by atoms with Gasteiger partial charge in [0.15, 0.2) is 0 Å². The standard InChI is InChI=1S/C25H32ClN5OS/c1-2-15-31(19-8-11-27-12-9-19)17-20-4-6-24(33-20)22-10-14-29-25(30-22)28-13-7-18-3-5-23(32)21(26)16-18/h3-6,10,14,16,19,27,32H,2,7-9,11-13,15,17H2,1H3,(H,28,29,30). The molecular formula is C25H32ClN5OS. The fraction of sp³-hybridized carbons (Fsp3) is 0.440. The number of piperidine rings is 1. The third-order valence-electron chi connectivity index (χ3n) is 5.97. The molecule has 176 valence electrons. The SMILES string of the molecule is CCCN(Cc1ccc(-c2ccnc(NCCc3ccc(O)c(Cl)c3)n2)s1)C1CCNCC1. The highest BCUT2D eigenvalue weighted by atomic mass is 35.5. The first-order valence-electron chi connectivity index (χ1n) is 11.7. The van der Waals surface area contributed by atoms with E-state index in [0.717, 1.165) is 43.9 Å². The van der Waals surface area contributed by atoms with E-state index in [2.05, 4.69) is 39.6 Å². The fourth-order valence-electron chi connectivity index (χ4n) is 4.26. The van der Waals surface area contributed by atoms with Crippen molar-refractivity contribution in [1.29, 1.82) is 0 Å². The van der Waals surface area contributed by atoms with Crippen LogP contribution in [-0.4, -0.2) is 52.2 Å². The summed E-state index contributed by atoms with van der Waals surface area (Å²) in [5, 5.41) is 16.7. The molecule has 0 unspecified atom stereocenters. The summed E-state index contributed by atoms with van der Waals surface area (Å²) in [6, 6.07) is 12.3. The number of aromatic nitrogens is 2. The Balaban J connectivity index is 1.36. The van der Waals surface area contributed by atoms with Crippen LogP contribution in [0.3, 0.4) is 0 Å². The second-order valence-corrected chi connectivity index (χ2v) is 10.0. The number of thiophene rings is 1. The molecule has 0 atom stereocenters. The van der Waals surface area contributed by atoms with Gasteiger partial charge in [-0.15, -0.1) is 11.3 Å². The van der Waals surface area contributed by atoms with Crippen molar-refractivity contribution in [2.24, 2.45) is 0 Å². The van der Waals surface area contributed by atoms with E-state index in [4.69, 9.17) is 16.6 Å². The molecule has 0 bridgehead atoms. The number of phenolic OH excluding ortho intramolecular Hbond substituents is 1. The summed E-state index contributed by atoms with van der Waals surface area (Å²) in [5.41, 5.74) is 2.00. The lowest BCUT2D eigenvalue weighted by Gasteiger charge is -2.34. The third kappa shape index (κ3) is 6.67. The van der Waals surface area contributed by atoms with E-state index in [1.54, 1.807) is 18.3 Å². The van der Waals surface area contributed by atoms with E-state index in [9.17, 15) is 5.11 Å². The number of halogens is 1. The maximum atomic E-state index is 9.56. The highest BCUT2D eigenvalue weighted by Gasteiger charge is 2.21. The molecule has 3 N–H and O–H groups in total. The molecule has 4 rings (SSSR count). The van der Waals surface area contributed by atoms with Crippen molar-refractivity contribution in [3.63, 3.8) is 0 Å². The molecule has 0 saturated carbocycles. The molecule has 1 saturated heterocycles. The number of aromatic hydroxyl groups is 1. The van der Waals surface area contributed by atoms with Crippen LogP contribution in [0.4, 0.5) is 5.95 Å². The number of nitrogens with zero attached hydrogens (tertiary/aromatic N) is 3. The molecule has 1 aromatic carbocycles. The molecule has 1 aliphatic rings. The van der Waals surface area contributed by atoms with Gasteiger partial charge in [-0.25, -0.2) is 9.97 Å². The smallest absolute Gasteiger partial charge is 0.223 e. The van der Waals surface area contributed by atoms with Crippen LogP contribution in [0.15, 0.2) is 42.6 Å².